The Morgan fingerprint density at radius 3 is 2.39 bits per heavy atom. The third-order valence-corrected chi connectivity index (χ3v) is 4.16. The van der Waals surface area contributed by atoms with Gasteiger partial charge in [-0.25, -0.2) is 10.2 Å². The van der Waals surface area contributed by atoms with Crippen LogP contribution in [0, 0.1) is 0 Å². The first-order valence-electron chi connectivity index (χ1n) is 9.37. The van der Waals surface area contributed by atoms with E-state index in [1.54, 1.807) is 24.3 Å². The van der Waals surface area contributed by atoms with Crippen LogP contribution < -0.4 is 10.9 Å². The van der Waals surface area contributed by atoms with E-state index in [1.165, 1.54) is 7.11 Å². The van der Waals surface area contributed by atoms with Crippen LogP contribution >= 0.6 is 12.6 Å². The highest BCUT2D eigenvalue weighted by molar-refractivity contribution is 7.84. The van der Waals surface area contributed by atoms with Crippen LogP contribution in [0.25, 0.3) is 0 Å². The molecule has 0 aromatic heterocycles. The number of carbonyl (C=O) groups is 1. The molecule has 0 radical (unpaired) electrons. The molecular weight excluding hydrogens is 370 g/mol. The number of hydrogen-bond acceptors (Lipinski definition) is 6. The van der Waals surface area contributed by atoms with Crippen LogP contribution in [0.1, 0.15) is 50.9 Å². The number of nitrogens with one attached hydrogen (secondary N) is 2. The number of esters is 1. The fourth-order valence-electron chi connectivity index (χ4n) is 2.17. The molecular formula is C22H33N3O2S. The van der Waals surface area contributed by atoms with Crippen molar-refractivity contribution in [2.75, 3.05) is 12.5 Å². The van der Waals surface area contributed by atoms with Crippen molar-refractivity contribution >= 4 is 30.0 Å². The number of benzene rings is 1. The van der Waals surface area contributed by atoms with Crippen molar-refractivity contribution in [3.63, 3.8) is 0 Å². The maximum absolute atomic E-state index is 11.5. The van der Waals surface area contributed by atoms with Crippen molar-refractivity contribution in [3.8, 4) is 0 Å². The van der Waals surface area contributed by atoms with E-state index in [0.29, 0.717) is 12.0 Å². The quantitative estimate of drug-likeness (QED) is 0.157. The van der Waals surface area contributed by atoms with Crippen LogP contribution in [0.15, 0.2) is 65.0 Å². The Balaban J connectivity index is 0.00000352. The van der Waals surface area contributed by atoms with Crippen molar-refractivity contribution in [2.24, 2.45) is 4.99 Å². The number of hydrogen-bond donors (Lipinski definition) is 3. The lowest BCUT2D eigenvalue weighted by molar-refractivity contribution is 0.0601. The summed E-state index contributed by atoms with van der Waals surface area (Å²) in [5, 5.41) is 0. The zero-order valence-electron chi connectivity index (χ0n) is 17.6. The minimum absolute atomic E-state index is 0.361. The summed E-state index contributed by atoms with van der Waals surface area (Å²) in [5.41, 5.74) is 9.38. The summed E-state index contributed by atoms with van der Waals surface area (Å²) >= 11 is 4.50. The van der Waals surface area contributed by atoms with Gasteiger partial charge in [0.25, 0.3) is 0 Å². The van der Waals surface area contributed by atoms with Gasteiger partial charge in [0.05, 0.1) is 12.7 Å². The van der Waals surface area contributed by atoms with Crippen LogP contribution in [0.4, 0.5) is 5.69 Å². The standard InChI is InChI=1S/C20H27N3O2S.C2H6/c1-6-9-14(4)17(7-2)21-19(18(26)8-3)23-22-16-12-10-15(11-13-16)20(24)25-5;1-2/h6,8,10-13,19,22-23,26H,1,4,7,9H2,2-3,5H3;1-2H3/b18-8-,21-17-;. The minimum Gasteiger partial charge on any atom is -0.465 e. The first-order valence-corrected chi connectivity index (χ1v) is 9.82. The lowest BCUT2D eigenvalue weighted by Crippen LogP contribution is -2.34. The Kier molecular flexibility index (Phi) is 13.5. The number of ether oxygens (including phenoxy) is 1. The maximum Gasteiger partial charge on any atom is 0.337 e. The Bertz CT molecular complexity index is 694. The fourth-order valence-corrected chi connectivity index (χ4v) is 2.29. The fraction of sp³-hybridized carbons (Fsp3) is 0.364. The smallest absolute Gasteiger partial charge is 0.337 e. The maximum atomic E-state index is 11.5. The average molecular weight is 404 g/mol. The third kappa shape index (κ3) is 8.59. The minimum atomic E-state index is -0.369. The first kappa shape index (κ1) is 25.7. The summed E-state index contributed by atoms with van der Waals surface area (Å²) < 4.78 is 4.69. The normalized spacial score (nSPS) is 12.4. The van der Waals surface area contributed by atoms with Gasteiger partial charge in [-0.2, -0.15) is 0 Å². The second kappa shape index (κ2) is 14.7. The summed E-state index contributed by atoms with van der Waals surface area (Å²) in [6.45, 7) is 15.8. The Morgan fingerprint density at radius 2 is 1.93 bits per heavy atom. The predicted octanol–water partition coefficient (Wildman–Crippen LogP) is 5.56. The summed E-state index contributed by atoms with van der Waals surface area (Å²) in [6, 6.07) is 6.94. The molecule has 154 valence electrons. The molecule has 1 unspecified atom stereocenters. The summed E-state index contributed by atoms with van der Waals surface area (Å²) in [4.78, 5) is 17.0. The molecule has 0 spiro atoms. The van der Waals surface area contributed by atoms with E-state index in [2.05, 4.69) is 36.6 Å². The molecule has 1 aromatic rings. The van der Waals surface area contributed by atoms with Crippen molar-refractivity contribution in [2.45, 2.75) is 46.7 Å². The number of allylic oxidation sites excluding steroid dienone is 3. The summed E-state index contributed by atoms with van der Waals surface area (Å²) in [5.74, 6) is -0.369. The van der Waals surface area contributed by atoms with E-state index < -0.39 is 0 Å². The monoisotopic (exact) mass is 403 g/mol. The SMILES string of the molecule is C=CCC(=C)/C(CC)=N\C(NNc1ccc(C(=O)OC)cc1)/C(S)=C/C.CC. The van der Waals surface area contributed by atoms with Crippen LogP contribution in [0.3, 0.4) is 0 Å². The van der Waals surface area contributed by atoms with Crippen molar-refractivity contribution < 1.29 is 9.53 Å². The van der Waals surface area contributed by atoms with Crippen molar-refractivity contribution in [1.29, 1.82) is 0 Å². The lowest BCUT2D eigenvalue weighted by atomic mass is 10.1. The van der Waals surface area contributed by atoms with E-state index in [9.17, 15) is 4.79 Å². The molecule has 0 saturated heterocycles. The van der Waals surface area contributed by atoms with Crippen LogP contribution in [0.2, 0.25) is 0 Å². The Morgan fingerprint density at radius 1 is 1.32 bits per heavy atom. The average Bonchev–Trinajstić information content (AvgIpc) is 2.74. The van der Waals surface area contributed by atoms with E-state index in [4.69, 9.17) is 9.73 Å². The molecule has 0 amide bonds. The zero-order chi connectivity index (χ0) is 21.5. The van der Waals surface area contributed by atoms with Crippen LogP contribution in [-0.4, -0.2) is 25.0 Å². The highest BCUT2D eigenvalue weighted by atomic mass is 32.1. The van der Waals surface area contributed by atoms with E-state index in [0.717, 1.165) is 28.3 Å². The topological polar surface area (TPSA) is 62.7 Å². The second-order valence-corrected chi connectivity index (χ2v) is 6.00. The number of aliphatic imine (C=N–C) groups is 1. The first-order chi connectivity index (χ1) is 13.5. The molecule has 0 aliphatic heterocycles. The van der Waals surface area contributed by atoms with Crippen LogP contribution in [-0.2, 0) is 4.74 Å². The zero-order valence-corrected chi connectivity index (χ0v) is 18.5. The van der Waals surface area contributed by atoms with Crippen molar-refractivity contribution in [3.05, 3.63) is 65.6 Å². The molecule has 0 saturated carbocycles. The van der Waals surface area contributed by atoms with Gasteiger partial charge < -0.3 is 10.2 Å². The predicted molar refractivity (Wildman–Crippen MR) is 124 cm³/mol. The Labute approximate surface area is 175 Å². The molecule has 5 nitrogen and oxygen atoms in total. The molecule has 0 bridgehead atoms. The molecule has 0 aliphatic rings. The van der Waals surface area contributed by atoms with Gasteiger partial charge >= 0.3 is 5.97 Å². The van der Waals surface area contributed by atoms with Gasteiger partial charge in [0, 0.05) is 16.3 Å². The van der Waals surface area contributed by atoms with Gasteiger partial charge in [0.15, 0.2) is 0 Å². The second-order valence-electron chi connectivity index (χ2n) is 5.48. The molecule has 2 N–H and O–H groups in total. The van der Waals surface area contributed by atoms with Gasteiger partial charge in [0.1, 0.15) is 6.17 Å². The van der Waals surface area contributed by atoms with Gasteiger partial charge in [-0.3, -0.25) is 4.99 Å². The number of methoxy groups -OCH3 is 1. The molecule has 28 heavy (non-hydrogen) atoms. The Hall–Kier alpha value is -2.31. The number of nitrogens with zero attached hydrogens (tertiary/aromatic N) is 1. The van der Waals surface area contributed by atoms with Gasteiger partial charge in [0.2, 0.25) is 0 Å². The number of carbonyl (C=O) groups excluding carboxylic acids is 1. The number of thiol groups is 1. The number of anilines is 1. The molecule has 6 heteroatoms. The highest BCUT2D eigenvalue weighted by Gasteiger charge is 2.12. The summed E-state index contributed by atoms with van der Waals surface area (Å²) in [7, 11) is 1.36. The van der Waals surface area contributed by atoms with E-state index in [-0.39, 0.29) is 12.1 Å². The van der Waals surface area contributed by atoms with Gasteiger partial charge in [-0.15, -0.1) is 19.2 Å². The van der Waals surface area contributed by atoms with Gasteiger partial charge in [-0.1, -0.05) is 39.5 Å². The molecule has 0 heterocycles. The lowest BCUT2D eigenvalue weighted by Gasteiger charge is -2.19. The third-order valence-electron chi connectivity index (χ3n) is 3.65. The molecule has 0 fully saturated rings. The number of rotatable bonds is 10. The molecule has 1 atom stereocenters. The molecule has 0 aliphatic carbocycles. The molecule has 1 aromatic carbocycles. The molecule has 1 rings (SSSR count). The number of hydrazine groups is 1. The highest BCUT2D eigenvalue weighted by Crippen LogP contribution is 2.15. The summed E-state index contributed by atoms with van der Waals surface area (Å²) in [6.07, 6.45) is 4.80. The van der Waals surface area contributed by atoms with E-state index in [1.807, 2.05) is 39.8 Å². The van der Waals surface area contributed by atoms with E-state index >= 15 is 0 Å². The van der Waals surface area contributed by atoms with Crippen LogP contribution in [0.5, 0.6) is 0 Å². The van der Waals surface area contributed by atoms with Crippen molar-refractivity contribution in [1.82, 2.24) is 5.43 Å². The largest absolute Gasteiger partial charge is 0.465 e. The van der Waals surface area contributed by atoms with Gasteiger partial charge in [-0.05, 0) is 49.6 Å².